The zero-order valence-corrected chi connectivity index (χ0v) is 16.5. The highest BCUT2D eigenvalue weighted by atomic mass is 16.6. The summed E-state index contributed by atoms with van der Waals surface area (Å²) in [4.78, 5) is 36.5. The van der Waals surface area contributed by atoms with Crippen LogP contribution in [0.15, 0.2) is 72.6 Å². The van der Waals surface area contributed by atoms with Crippen LogP contribution in [0.2, 0.25) is 0 Å². The molecule has 156 valence electrons. The lowest BCUT2D eigenvalue weighted by Crippen LogP contribution is -2.30. The fraction of sp³-hybridized carbons (Fsp3) is 0.0909. The van der Waals surface area contributed by atoms with Gasteiger partial charge in [-0.05, 0) is 48.0 Å². The highest BCUT2D eigenvalue weighted by molar-refractivity contribution is 6.13. The molecule has 0 radical (unpaired) electrons. The molecule has 1 saturated heterocycles. The average Bonchev–Trinajstić information content (AvgIpc) is 3.34. The minimum Gasteiger partial charge on any atom is -0.497 e. The summed E-state index contributed by atoms with van der Waals surface area (Å²) in [6.07, 6.45) is 3.46. The fourth-order valence-electron chi connectivity index (χ4n) is 3.26. The highest BCUT2D eigenvalue weighted by Gasteiger charge is 2.33. The van der Waals surface area contributed by atoms with Gasteiger partial charge in [-0.25, -0.2) is 4.79 Å². The Balaban J connectivity index is 1.55. The molecular weight excluding hydrogens is 400 g/mol. The minimum absolute atomic E-state index is 0.0134. The molecule has 0 atom stereocenters. The molecule has 31 heavy (non-hydrogen) atoms. The summed E-state index contributed by atoms with van der Waals surface area (Å²) in [6, 6.07) is 16.3. The van der Waals surface area contributed by atoms with E-state index in [9.17, 15) is 19.7 Å². The number of hydrogen-bond donors (Lipinski definition) is 1. The fourth-order valence-corrected chi connectivity index (χ4v) is 3.26. The van der Waals surface area contributed by atoms with Gasteiger partial charge in [0.05, 0.1) is 18.6 Å². The number of imide groups is 1. The predicted molar refractivity (Wildman–Crippen MR) is 112 cm³/mol. The van der Waals surface area contributed by atoms with E-state index in [1.165, 1.54) is 24.3 Å². The first kappa shape index (κ1) is 19.9. The molecule has 1 aliphatic heterocycles. The first-order valence-electron chi connectivity index (χ1n) is 9.36. The molecule has 9 nitrogen and oxygen atoms in total. The van der Waals surface area contributed by atoms with Crippen molar-refractivity contribution in [2.24, 2.45) is 0 Å². The van der Waals surface area contributed by atoms with Gasteiger partial charge in [-0.15, -0.1) is 0 Å². The van der Waals surface area contributed by atoms with Crippen LogP contribution < -0.4 is 10.1 Å². The molecule has 0 unspecified atom stereocenters. The van der Waals surface area contributed by atoms with Crippen molar-refractivity contribution in [3.05, 3.63) is 93.9 Å². The van der Waals surface area contributed by atoms with Crippen LogP contribution in [0.3, 0.4) is 0 Å². The second kappa shape index (κ2) is 8.15. The number of carbonyl (C=O) groups is 2. The quantitative estimate of drug-likeness (QED) is 0.285. The van der Waals surface area contributed by atoms with Crippen molar-refractivity contribution in [3.8, 4) is 11.4 Å². The van der Waals surface area contributed by atoms with Crippen molar-refractivity contribution in [2.45, 2.75) is 6.54 Å². The van der Waals surface area contributed by atoms with Gasteiger partial charge in [0.2, 0.25) is 0 Å². The Morgan fingerprint density at radius 2 is 1.77 bits per heavy atom. The van der Waals surface area contributed by atoms with Crippen molar-refractivity contribution in [3.63, 3.8) is 0 Å². The Morgan fingerprint density at radius 1 is 1.06 bits per heavy atom. The maximum atomic E-state index is 12.8. The molecule has 1 aromatic heterocycles. The third-order valence-corrected chi connectivity index (χ3v) is 4.87. The van der Waals surface area contributed by atoms with Gasteiger partial charge in [-0.1, -0.05) is 12.1 Å². The third-order valence-electron chi connectivity index (χ3n) is 4.87. The number of nitrogens with one attached hydrogen (secondary N) is 1. The van der Waals surface area contributed by atoms with Gasteiger partial charge in [-0.3, -0.25) is 19.8 Å². The van der Waals surface area contributed by atoms with Crippen LogP contribution in [0, 0.1) is 10.1 Å². The van der Waals surface area contributed by atoms with Gasteiger partial charge in [0.1, 0.15) is 11.4 Å². The van der Waals surface area contributed by atoms with Gasteiger partial charge in [-0.2, -0.15) is 0 Å². The van der Waals surface area contributed by atoms with Crippen LogP contribution in [0.25, 0.3) is 11.8 Å². The zero-order valence-electron chi connectivity index (χ0n) is 16.5. The van der Waals surface area contributed by atoms with Crippen LogP contribution in [-0.4, -0.2) is 33.4 Å². The zero-order chi connectivity index (χ0) is 22.0. The molecule has 3 amide bonds. The second-order valence-electron chi connectivity index (χ2n) is 6.80. The van der Waals surface area contributed by atoms with Crippen molar-refractivity contribution in [2.75, 3.05) is 7.11 Å². The summed E-state index contributed by atoms with van der Waals surface area (Å²) in [6.45, 7) is 0.0134. The molecule has 0 aliphatic carbocycles. The van der Waals surface area contributed by atoms with E-state index in [1.54, 1.807) is 13.2 Å². The Bertz CT molecular complexity index is 1180. The van der Waals surface area contributed by atoms with Crippen molar-refractivity contribution >= 4 is 23.7 Å². The molecule has 2 heterocycles. The van der Waals surface area contributed by atoms with Crippen LogP contribution in [0.4, 0.5) is 10.5 Å². The van der Waals surface area contributed by atoms with E-state index in [0.717, 1.165) is 16.3 Å². The number of nitro benzene ring substituents is 1. The van der Waals surface area contributed by atoms with E-state index in [0.29, 0.717) is 11.3 Å². The smallest absolute Gasteiger partial charge is 0.329 e. The molecular formula is C22H18N4O5. The monoisotopic (exact) mass is 418 g/mol. The summed E-state index contributed by atoms with van der Waals surface area (Å²) >= 11 is 0. The Kier molecular flexibility index (Phi) is 5.23. The topological polar surface area (TPSA) is 107 Å². The number of nitro groups is 1. The van der Waals surface area contributed by atoms with Gasteiger partial charge in [0.15, 0.2) is 0 Å². The molecule has 0 spiro atoms. The summed E-state index contributed by atoms with van der Waals surface area (Å²) in [5.74, 6) is 0.266. The van der Waals surface area contributed by atoms with Gasteiger partial charge >= 0.3 is 6.03 Å². The largest absolute Gasteiger partial charge is 0.497 e. The normalized spacial score (nSPS) is 14.7. The summed E-state index contributed by atoms with van der Waals surface area (Å²) < 4.78 is 7.06. The van der Waals surface area contributed by atoms with E-state index in [4.69, 9.17) is 4.74 Å². The standard InChI is InChI=1S/C22H18N4O5/c1-31-19-10-8-16(9-11-19)24-12-2-3-18(24)13-20-21(27)25(22(28)23-20)14-15-4-6-17(7-5-15)26(29)30/h2-13H,14H2,1H3,(H,23,28)/b20-13-. The van der Waals surface area contributed by atoms with Crippen LogP contribution in [-0.2, 0) is 11.3 Å². The van der Waals surface area contributed by atoms with E-state index in [1.807, 2.05) is 47.2 Å². The lowest BCUT2D eigenvalue weighted by Gasteiger charge is -2.11. The molecule has 1 N–H and O–H groups in total. The molecule has 0 bridgehead atoms. The molecule has 4 rings (SSSR count). The van der Waals surface area contributed by atoms with E-state index >= 15 is 0 Å². The number of hydrogen-bond acceptors (Lipinski definition) is 5. The minimum atomic E-state index is -0.544. The molecule has 9 heteroatoms. The highest BCUT2D eigenvalue weighted by Crippen LogP contribution is 2.22. The molecule has 0 saturated carbocycles. The third kappa shape index (κ3) is 4.01. The van der Waals surface area contributed by atoms with Crippen molar-refractivity contribution in [1.82, 2.24) is 14.8 Å². The number of ether oxygens (including phenoxy) is 1. The number of amides is 3. The van der Waals surface area contributed by atoms with Gasteiger partial charge in [0.25, 0.3) is 11.6 Å². The van der Waals surface area contributed by atoms with Crippen molar-refractivity contribution < 1.29 is 19.2 Å². The maximum Gasteiger partial charge on any atom is 0.329 e. The first-order valence-corrected chi connectivity index (χ1v) is 9.36. The lowest BCUT2D eigenvalue weighted by atomic mass is 10.2. The Morgan fingerprint density at radius 3 is 2.42 bits per heavy atom. The van der Waals surface area contributed by atoms with Crippen molar-refractivity contribution in [1.29, 1.82) is 0 Å². The molecule has 3 aromatic rings. The number of carbonyl (C=O) groups excluding carboxylic acids is 2. The Hall–Kier alpha value is -4.40. The number of urea groups is 1. The molecule has 2 aromatic carbocycles. The number of rotatable bonds is 6. The van der Waals surface area contributed by atoms with Crippen LogP contribution >= 0.6 is 0 Å². The Labute approximate surface area is 177 Å². The number of methoxy groups -OCH3 is 1. The molecule has 1 fully saturated rings. The van der Waals surface area contributed by atoms with Gasteiger partial charge < -0.3 is 14.6 Å². The lowest BCUT2D eigenvalue weighted by molar-refractivity contribution is -0.384. The summed E-state index contributed by atoms with van der Waals surface area (Å²) in [5, 5.41) is 13.4. The number of benzene rings is 2. The van der Waals surface area contributed by atoms with Crippen LogP contribution in [0.5, 0.6) is 5.75 Å². The second-order valence-corrected chi connectivity index (χ2v) is 6.80. The van der Waals surface area contributed by atoms with E-state index < -0.39 is 16.9 Å². The average molecular weight is 418 g/mol. The number of aromatic nitrogens is 1. The van der Waals surface area contributed by atoms with Crippen LogP contribution in [0.1, 0.15) is 11.3 Å². The van der Waals surface area contributed by atoms with E-state index in [2.05, 4.69) is 5.32 Å². The summed E-state index contributed by atoms with van der Waals surface area (Å²) in [5.41, 5.74) is 2.29. The molecule has 1 aliphatic rings. The predicted octanol–water partition coefficient (Wildman–Crippen LogP) is 3.49. The number of non-ortho nitro benzene ring substituents is 1. The SMILES string of the molecule is COc1ccc(-n2cccc2/C=C2\NC(=O)N(Cc3ccc([N+](=O)[O-])cc3)C2=O)cc1. The number of nitrogens with zero attached hydrogens (tertiary/aromatic N) is 3. The van der Waals surface area contributed by atoms with E-state index in [-0.39, 0.29) is 17.9 Å². The summed E-state index contributed by atoms with van der Waals surface area (Å²) in [7, 11) is 1.59. The first-order chi connectivity index (χ1) is 15.0. The maximum absolute atomic E-state index is 12.8. The van der Waals surface area contributed by atoms with Gasteiger partial charge in [0, 0.05) is 29.7 Å².